The number of hydrogen-bond donors (Lipinski definition) is 2. The Morgan fingerprint density at radius 3 is 2.16 bits per heavy atom. The minimum absolute atomic E-state index is 0.0496. The van der Waals surface area contributed by atoms with Crippen LogP contribution < -0.4 is 9.46 Å². The molecule has 0 saturated carbocycles. The quantitative estimate of drug-likeness (QED) is 0.307. The SMILES string of the molecule is Cc1ccc(S(=O)(=O)Nc2ccc3c(c2)C(=O)N([C@@H](C)CO)C[C@H](C)[C@@H](CN(C)S(=O)(=O)c2ccc(C)cc2)OCCCC[C@@H](C)O3)cc1. The Labute approximate surface area is 291 Å². The van der Waals surface area contributed by atoms with E-state index in [1.807, 2.05) is 27.7 Å². The predicted octanol–water partition coefficient (Wildman–Crippen LogP) is 5.22. The van der Waals surface area contributed by atoms with Gasteiger partial charge in [0.15, 0.2) is 0 Å². The van der Waals surface area contributed by atoms with Crippen LogP contribution >= 0.6 is 0 Å². The van der Waals surface area contributed by atoms with Gasteiger partial charge in [0.2, 0.25) is 10.0 Å². The van der Waals surface area contributed by atoms with Crippen molar-refractivity contribution in [3.8, 4) is 5.75 Å². The summed E-state index contributed by atoms with van der Waals surface area (Å²) >= 11 is 0. The van der Waals surface area contributed by atoms with Gasteiger partial charge in [-0.1, -0.05) is 42.3 Å². The van der Waals surface area contributed by atoms with E-state index in [9.17, 15) is 26.7 Å². The molecule has 4 rings (SSSR count). The average Bonchev–Trinajstić information content (AvgIpc) is 3.06. The molecule has 0 fully saturated rings. The van der Waals surface area contributed by atoms with E-state index in [2.05, 4.69) is 4.72 Å². The van der Waals surface area contributed by atoms with E-state index in [1.165, 1.54) is 34.5 Å². The number of ether oxygens (including phenoxy) is 2. The van der Waals surface area contributed by atoms with Gasteiger partial charge in [0.25, 0.3) is 15.9 Å². The average molecular weight is 716 g/mol. The Morgan fingerprint density at radius 1 is 0.939 bits per heavy atom. The van der Waals surface area contributed by atoms with Gasteiger partial charge in [-0.3, -0.25) is 9.52 Å². The lowest BCUT2D eigenvalue weighted by molar-refractivity contribution is -0.00833. The minimum atomic E-state index is -3.96. The normalized spacial score (nSPS) is 20.6. The summed E-state index contributed by atoms with van der Waals surface area (Å²) in [4.78, 5) is 16.2. The molecule has 13 heteroatoms. The van der Waals surface area contributed by atoms with Crippen LogP contribution in [0.5, 0.6) is 5.75 Å². The second-order valence-corrected chi connectivity index (χ2v) is 16.8. The van der Waals surface area contributed by atoms with E-state index in [0.29, 0.717) is 25.2 Å². The molecule has 3 aromatic rings. The first-order chi connectivity index (χ1) is 23.1. The van der Waals surface area contributed by atoms with E-state index in [0.717, 1.165) is 17.5 Å². The zero-order chi connectivity index (χ0) is 35.9. The number of aryl methyl sites for hydroxylation is 2. The topological polar surface area (TPSA) is 143 Å². The summed E-state index contributed by atoms with van der Waals surface area (Å²) in [5.41, 5.74) is 2.18. The van der Waals surface area contributed by atoms with Crippen LogP contribution in [0.2, 0.25) is 0 Å². The molecule has 1 aliphatic heterocycles. The fraction of sp³-hybridized carbons (Fsp3) is 0.472. The number of carbonyl (C=O) groups excluding carboxylic acids is 1. The van der Waals surface area contributed by atoms with Crippen LogP contribution in [0.25, 0.3) is 0 Å². The van der Waals surface area contributed by atoms with Crippen LogP contribution in [0.1, 0.15) is 61.5 Å². The number of nitrogens with one attached hydrogen (secondary N) is 1. The van der Waals surface area contributed by atoms with Crippen LogP contribution in [-0.4, -0.2) is 88.7 Å². The van der Waals surface area contributed by atoms with Crippen LogP contribution in [0.3, 0.4) is 0 Å². The lowest BCUT2D eigenvalue weighted by Gasteiger charge is -2.35. The molecule has 1 aliphatic rings. The fourth-order valence-electron chi connectivity index (χ4n) is 5.62. The lowest BCUT2D eigenvalue weighted by Crippen LogP contribution is -2.48. The summed E-state index contributed by atoms with van der Waals surface area (Å²) in [5, 5.41) is 10.2. The molecule has 4 atom stereocenters. The Morgan fingerprint density at radius 2 is 1.55 bits per heavy atom. The molecule has 0 aromatic heterocycles. The molecular weight excluding hydrogens is 667 g/mol. The van der Waals surface area contributed by atoms with Crippen molar-refractivity contribution in [1.82, 2.24) is 9.21 Å². The molecule has 0 radical (unpaired) electrons. The molecule has 268 valence electrons. The molecule has 11 nitrogen and oxygen atoms in total. The third kappa shape index (κ3) is 9.82. The molecule has 1 heterocycles. The van der Waals surface area contributed by atoms with Crippen LogP contribution in [0, 0.1) is 19.8 Å². The number of hydrogen-bond acceptors (Lipinski definition) is 8. The molecule has 0 saturated heterocycles. The zero-order valence-corrected chi connectivity index (χ0v) is 30.8. The highest BCUT2D eigenvalue weighted by Gasteiger charge is 2.32. The number of nitrogens with zero attached hydrogens (tertiary/aromatic N) is 2. The molecule has 49 heavy (non-hydrogen) atoms. The first-order valence-electron chi connectivity index (χ1n) is 16.6. The third-order valence-electron chi connectivity index (χ3n) is 8.80. The summed E-state index contributed by atoms with van der Waals surface area (Å²) in [6, 6.07) is 17.1. The fourth-order valence-corrected chi connectivity index (χ4v) is 7.85. The molecule has 1 amide bonds. The highest BCUT2D eigenvalue weighted by Crippen LogP contribution is 2.30. The van der Waals surface area contributed by atoms with E-state index in [-0.39, 0.29) is 52.8 Å². The number of rotatable bonds is 9. The smallest absolute Gasteiger partial charge is 0.261 e. The highest BCUT2D eigenvalue weighted by molar-refractivity contribution is 7.92. The van der Waals surface area contributed by atoms with Crippen LogP contribution in [0.4, 0.5) is 5.69 Å². The number of anilines is 1. The molecule has 2 N–H and O–H groups in total. The van der Waals surface area contributed by atoms with Gasteiger partial charge in [-0.2, -0.15) is 4.31 Å². The third-order valence-corrected chi connectivity index (χ3v) is 12.0. The van der Waals surface area contributed by atoms with Gasteiger partial charge in [-0.05, 0) is 89.4 Å². The number of fused-ring (bicyclic) bond motifs is 1. The largest absolute Gasteiger partial charge is 0.490 e. The standard InChI is InChI=1S/C36H49N3O8S2/c1-25-10-15-31(16-11-25)48(42,43)37-30-14-19-34-33(21-30)36(41)39(28(4)24-40)22-27(3)35(46-20-8-7-9-29(5)47-34)23-38(6)49(44,45)32-17-12-26(2)13-18-32/h10-19,21,27-29,35,37,40H,7-9,20,22-24H2,1-6H3/t27-,28-,29+,35+/m0/s1. The van der Waals surface area contributed by atoms with Gasteiger partial charge in [0.05, 0.1) is 40.2 Å². The Hall–Kier alpha value is -3.49. The summed E-state index contributed by atoms with van der Waals surface area (Å²) in [6.07, 6.45) is 1.31. The number of likely N-dealkylation sites (N-methyl/N-ethyl adjacent to an activating group) is 1. The van der Waals surface area contributed by atoms with E-state index in [1.54, 1.807) is 55.5 Å². The van der Waals surface area contributed by atoms with Gasteiger partial charge < -0.3 is 19.5 Å². The van der Waals surface area contributed by atoms with Crippen molar-refractivity contribution in [2.24, 2.45) is 5.92 Å². The Kier molecular flexibility index (Phi) is 12.9. The molecule has 3 aromatic carbocycles. The van der Waals surface area contributed by atoms with E-state index < -0.39 is 38.1 Å². The molecule has 0 bridgehead atoms. The number of carbonyl (C=O) groups is 1. The summed E-state index contributed by atoms with van der Waals surface area (Å²) in [5.74, 6) is -0.529. The second-order valence-electron chi connectivity index (χ2n) is 13.0. The maximum absolute atomic E-state index is 14.4. The van der Waals surface area contributed by atoms with Crippen molar-refractivity contribution in [3.05, 3.63) is 83.4 Å². The monoisotopic (exact) mass is 715 g/mol. The van der Waals surface area contributed by atoms with Crippen molar-refractivity contribution < 1.29 is 36.2 Å². The van der Waals surface area contributed by atoms with Crippen LogP contribution in [-0.2, 0) is 24.8 Å². The summed E-state index contributed by atoms with van der Waals surface area (Å²) in [7, 11) is -6.25. The Bertz CT molecular complexity index is 1780. The molecule has 0 aliphatic carbocycles. The molecule has 0 unspecified atom stereocenters. The Balaban J connectivity index is 1.67. The van der Waals surface area contributed by atoms with Crippen molar-refractivity contribution in [2.45, 2.75) is 81.9 Å². The minimum Gasteiger partial charge on any atom is -0.490 e. The maximum atomic E-state index is 14.4. The number of benzene rings is 3. The molecular formula is C36H49N3O8S2. The number of amides is 1. The van der Waals surface area contributed by atoms with Crippen molar-refractivity contribution in [3.63, 3.8) is 0 Å². The number of aliphatic hydroxyl groups is 1. The maximum Gasteiger partial charge on any atom is 0.261 e. The highest BCUT2D eigenvalue weighted by atomic mass is 32.2. The summed E-state index contributed by atoms with van der Waals surface area (Å²) < 4.78 is 69.8. The predicted molar refractivity (Wildman–Crippen MR) is 190 cm³/mol. The molecule has 0 spiro atoms. The van der Waals surface area contributed by atoms with E-state index >= 15 is 0 Å². The zero-order valence-electron chi connectivity index (χ0n) is 29.1. The van der Waals surface area contributed by atoms with E-state index in [4.69, 9.17) is 9.47 Å². The van der Waals surface area contributed by atoms with Crippen LogP contribution in [0.15, 0.2) is 76.5 Å². The van der Waals surface area contributed by atoms with Crippen molar-refractivity contribution >= 4 is 31.6 Å². The van der Waals surface area contributed by atoms with Gasteiger partial charge >= 0.3 is 0 Å². The summed E-state index contributed by atoms with van der Waals surface area (Å²) in [6.45, 7) is 9.49. The van der Waals surface area contributed by atoms with Gasteiger partial charge in [-0.15, -0.1) is 0 Å². The lowest BCUT2D eigenvalue weighted by atomic mass is 10.0. The van der Waals surface area contributed by atoms with Gasteiger partial charge in [-0.25, -0.2) is 16.8 Å². The van der Waals surface area contributed by atoms with Crippen molar-refractivity contribution in [2.75, 3.05) is 38.1 Å². The van der Waals surface area contributed by atoms with Crippen molar-refractivity contribution in [1.29, 1.82) is 0 Å². The second kappa shape index (κ2) is 16.5. The first-order valence-corrected chi connectivity index (χ1v) is 19.5. The number of sulfonamides is 2. The number of aliphatic hydroxyl groups excluding tert-OH is 1. The van der Waals surface area contributed by atoms with Gasteiger partial charge in [0.1, 0.15) is 5.75 Å². The van der Waals surface area contributed by atoms with Gasteiger partial charge in [0, 0.05) is 38.3 Å². The first kappa shape index (κ1) is 38.3.